The van der Waals surface area contributed by atoms with Crippen molar-refractivity contribution in [3.05, 3.63) is 41.2 Å². The summed E-state index contributed by atoms with van der Waals surface area (Å²) in [5, 5.41) is 0.928. The van der Waals surface area contributed by atoms with E-state index in [1.807, 2.05) is 17.9 Å². The third-order valence-electron chi connectivity index (χ3n) is 5.95. The van der Waals surface area contributed by atoms with Crippen LogP contribution in [0.15, 0.2) is 29.4 Å². The molecule has 0 bridgehead atoms. The minimum absolute atomic E-state index is 0.159. The Balaban J connectivity index is 1.49. The average Bonchev–Trinajstić information content (AvgIpc) is 3.30. The zero-order chi connectivity index (χ0) is 19.7. The Morgan fingerprint density at radius 1 is 1.29 bits per heavy atom. The van der Waals surface area contributed by atoms with E-state index in [1.54, 1.807) is 11.8 Å². The van der Waals surface area contributed by atoms with Gasteiger partial charge in [0.05, 0.1) is 24.1 Å². The Labute approximate surface area is 171 Å². The summed E-state index contributed by atoms with van der Waals surface area (Å²) in [6.45, 7) is 7.96. The van der Waals surface area contributed by atoms with Crippen LogP contribution < -0.4 is 4.90 Å². The third kappa shape index (κ3) is 3.85. The van der Waals surface area contributed by atoms with Crippen LogP contribution >= 0.6 is 11.8 Å². The largest absolute Gasteiger partial charge is 0.376 e. The molecule has 6 heteroatoms. The molecule has 4 rings (SSSR count). The Morgan fingerprint density at radius 2 is 2.11 bits per heavy atom. The summed E-state index contributed by atoms with van der Waals surface area (Å²) in [6.07, 6.45) is 4.54. The molecule has 2 aromatic rings. The first-order valence-corrected chi connectivity index (χ1v) is 11.2. The second-order valence-corrected chi connectivity index (χ2v) is 8.82. The number of amides is 1. The number of aryl methyl sites for hydroxylation is 2. The molecule has 150 valence electrons. The zero-order valence-electron chi connectivity index (χ0n) is 17.0. The molecule has 0 unspecified atom stereocenters. The molecule has 0 spiro atoms. The van der Waals surface area contributed by atoms with Gasteiger partial charge >= 0.3 is 0 Å². The van der Waals surface area contributed by atoms with Crippen molar-refractivity contribution in [2.75, 3.05) is 17.3 Å². The van der Waals surface area contributed by atoms with Crippen LogP contribution in [0.2, 0.25) is 0 Å². The van der Waals surface area contributed by atoms with Crippen molar-refractivity contribution < 1.29 is 9.53 Å². The van der Waals surface area contributed by atoms with Crippen molar-refractivity contribution in [1.82, 2.24) is 9.55 Å². The number of anilines is 1. The van der Waals surface area contributed by atoms with Gasteiger partial charge in [-0.15, -0.1) is 0 Å². The molecule has 0 saturated carbocycles. The highest BCUT2D eigenvalue weighted by Gasteiger charge is 2.28. The van der Waals surface area contributed by atoms with Crippen LogP contribution in [-0.2, 0) is 22.5 Å². The minimum Gasteiger partial charge on any atom is -0.376 e. The summed E-state index contributed by atoms with van der Waals surface area (Å²) in [7, 11) is 0. The monoisotopic (exact) mass is 399 g/mol. The van der Waals surface area contributed by atoms with E-state index in [2.05, 4.69) is 36.6 Å². The van der Waals surface area contributed by atoms with Crippen LogP contribution in [0.5, 0.6) is 0 Å². The van der Waals surface area contributed by atoms with Gasteiger partial charge < -0.3 is 14.2 Å². The van der Waals surface area contributed by atoms with E-state index < -0.39 is 0 Å². The minimum atomic E-state index is 0.159. The maximum atomic E-state index is 13.1. The molecule has 0 aliphatic carbocycles. The van der Waals surface area contributed by atoms with E-state index >= 15 is 0 Å². The van der Waals surface area contributed by atoms with Gasteiger partial charge in [0.2, 0.25) is 5.91 Å². The van der Waals surface area contributed by atoms with Crippen LogP contribution in [0.25, 0.3) is 0 Å². The van der Waals surface area contributed by atoms with Gasteiger partial charge in [-0.3, -0.25) is 4.79 Å². The highest BCUT2D eigenvalue weighted by Crippen LogP contribution is 2.32. The molecule has 2 atom stereocenters. The number of nitrogens with zero attached hydrogens (tertiary/aromatic N) is 3. The molecule has 28 heavy (non-hydrogen) atoms. The topological polar surface area (TPSA) is 47.4 Å². The lowest BCUT2D eigenvalue weighted by atomic mass is 9.97. The second-order valence-electron chi connectivity index (χ2n) is 7.88. The van der Waals surface area contributed by atoms with E-state index in [0.717, 1.165) is 55.4 Å². The van der Waals surface area contributed by atoms with E-state index in [1.165, 1.54) is 11.3 Å². The lowest BCUT2D eigenvalue weighted by Crippen LogP contribution is -2.43. The van der Waals surface area contributed by atoms with Crippen LogP contribution in [0, 0.1) is 13.8 Å². The van der Waals surface area contributed by atoms with E-state index in [4.69, 9.17) is 9.72 Å². The lowest BCUT2D eigenvalue weighted by molar-refractivity contribution is -0.116. The van der Waals surface area contributed by atoms with Gasteiger partial charge in [-0.2, -0.15) is 0 Å². The highest BCUT2D eigenvalue weighted by atomic mass is 32.2. The molecule has 3 heterocycles. The number of hydrogen-bond acceptors (Lipinski definition) is 4. The molecule has 0 radical (unpaired) electrons. The first kappa shape index (κ1) is 19.5. The smallest absolute Gasteiger partial charge is 0.237 e. The first-order chi connectivity index (χ1) is 13.5. The van der Waals surface area contributed by atoms with Crippen molar-refractivity contribution in [3.8, 4) is 0 Å². The van der Waals surface area contributed by atoms with E-state index in [-0.39, 0.29) is 18.1 Å². The molecule has 5 nitrogen and oxygen atoms in total. The fourth-order valence-electron chi connectivity index (χ4n) is 4.20. The van der Waals surface area contributed by atoms with Crippen LogP contribution in [0.1, 0.15) is 43.1 Å². The Morgan fingerprint density at radius 3 is 2.89 bits per heavy atom. The molecular formula is C22H29N3O2S. The summed E-state index contributed by atoms with van der Waals surface area (Å²) in [5.41, 5.74) is 4.54. The Bertz CT molecular complexity index is 857. The maximum absolute atomic E-state index is 13.1. The number of imidazole rings is 1. The van der Waals surface area contributed by atoms with Gasteiger partial charge in [-0.05, 0) is 58.1 Å². The van der Waals surface area contributed by atoms with Gasteiger partial charge in [-0.25, -0.2) is 4.98 Å². The number of carbonyl (C=O) groups excluding carboxylic acids is 1. The number of hydrogen-bond donors (Lipinski definition) is 0. The predicted molar refractivity (Wildman–Crippen MR) is 113 cm³/mol. The number of aromatic nitrogens is 2. The van der Waals surface area contributed by atoms with E-state index in [0.29, 0.717) is 5.75 Å². The Kier molecular flexibility index (Phi) is 5.78. The predicted octanol–water partition coefficient (Wildman–Crippen LogP) is 4.14. The molecular weight excluding hydrogens is 370 g/mol. The molecule has 1 saturated heterocycles. The van der Waals surface area contributed by atoms with Crippen molar-refractivity contribution in [1.29, 1.82) is 0 Å². The molecule has 1 aromatic heterocycles. The SMILES string of the molecule is Cc1nc(SCC(=O)N2c3ccccc3CC[C@@H]2C)n(C[C@H]2CCCO2)c1C. The van der Waals surface area contributed by atoms with Gasteiger partial charge in [0, 0.05) is 24.0 Å². The number of thioether (sulfide) groups is 1. The number of para-hydroxylation sites is 1. The second kappa shape index (κ2) is 8.29. The molecule has 1 aromatic carbocycles. The van der Waals surface area contributed by atoms with Crippen LogP contribution in [0.4, 0.5) is 5.69 Å². The Hall–Kier alpha value is -1.79. The maximum Gasteiger partial charge on any atom is 0.237 e. The number of fused-ring (bicyclic) bond motifs is 1. The summed E-state index contributed by atoms with van der Waals surface area (Å²) in [5.74, 6) is 0.562. The van der Waals surface area contributed by atoms with Gasteiger partial charge in [0.25, 0.3) is 0 Å². The standard InChI is InChI=1S/C22H29N3O2S/c1-15-10-11-18-7-4-5-9-20(18)25(15)21(26)14-28-22-23-16(2)17(3)24(22)13-19-8-6-12-27-19/h4-5,7,9,15,19H,6,8,10-14H2,1-3H3/t15-,19+/m0/s1. The fraction of sp³-hybridized carbons (Fsp3) is 0.545. The van der Waals surface area contributed by atoms with Gasteiger partial charge in [0.15, 0.2) is 5.16 Å². The number of rotatable bonds is 5. The fourth-order valence-corrected chi connectivity index (χ4v) is 5.17. The molecule has 1 fully saturated rings. The molecule has 2 aliphatic rings. The van der Waals surface area contributed by atoms with Crippen LogP contribution in [-0.4, -0.2) is 40.0 Å². The summed E-state index contributed by atoms with van der Waals surface area (Å²) < 4.78 is 8.05. The normalized spacial score (nSPS) is 21.8. The molecule has 2 aliphatic heterocycles. The summed E-state index contributed by atoms with van der Waals surface area (Å²) >= 11 is 1.55. The summed E-state index contributed by atoms with van der Waals surface area (Å²) in [6, 6.07) is 8.51. The number of ether oxygens (including phenoxy) is 1. The highest BCUT2D eigenvalue weighted by molar-refractivity contribution is 7.99. The van der Waals surface area contributed by atoms with Gasteiger partial charge in [0.1, 0.15) is 0 Å². The van der Waals surface area contributed by atoms with Gasteiger partial charge in [-0.1, -0.05) is 30.0 Å². The average molecular weight is 400 g/mol. The molecule has 1 amide bonds. The van der Waals surface area contributed by atoms with Crippen molar-refractivity contribution >= 4 is 23.4 Å². The van der Waals surface area contributed by atoms with Crippen molar-refractivity contribution in [2.24, 2.45) is 0 Å². The third-order valence-corrected chi connectivity index (χ3v) is 6.91. The van der Waals surface area contributed by atoms with E-state index in [9.17, 15) is 4.79 Å². The van der Waals surface area contributed by atoms with Crippen molar-refractivity contribution in [2.45, 2.75) is 70.3 Å². The van der Waals surface area contributed by atoms with Crippen LogP contribution in [0.3, 0.4) is 0 Å². The number of carbonyl (C=O) groups is 1. The lowest BCUT2D eigenvalue weighted by Gasteiger charge is -2.35. The summed E-state index contributed by atoms with van der Waals surface area (Å²) in [4.78, 5) is 19.9. The zero-order valence-corrected chi connectivity index (χ0v) is 17.8. The quantitative estimate of drug-likeness (QED) is 0.709. The van der Waals surface area contributed by atoms with Crippen molar-refractivity contribution in [3.63, 3.8) is 0 Å². The molecule has 0 N–H and O–H groups in total. The first-order valence-electron chi connectivity index (χ1n) is 10.2. The number of benzene rings is 1.